The number of hydrogen-bond donors (Lipinski definition) is 4. The summed E-state index contributed by atoms with van der Waals surface area (Å²) in [6, 6.07) is 0. The number of aliphatic hydroxyl groups is 3. The van der Waals surface area contributed by atoms with Crippen molar-refractivity contribution >= 4 is 12.2 Å². The van der Waals surface area contributed by atoms with E-state index in [-0.39, 0.29) is 10.2 Å². The van der Waals surface area contributed by atoms with Gasteiger partial charge < -0.3 is 24.8 Å². The van der Waals surface area contributed by atoms with Crippen molar-refractivity contribution in [2.45, 2.75) is 30.9 Å². The minimum absolute atomic E-state index is 0.0346. The molecule has 1 saturated heterocycles. The summed E-state index contributed by atoms with van der Waals surface area (Å²) in [6.45, 7) is -3.87. The van der Waals surface area contributed by atoms with Crippen LogP contribution in [-0.4, -0.2) is 56.6 Å². The van der Waals surface area contributed by atoms with Crippen LogP contribution in [0.3, 0.4) is 0 Å². The average molecular weight is 325 g/mol. The number of H-pyrrole nitrogens is 1. The summed E-state index contributed by atoms with van der Waals surface area (Å²) in [5.74, 6) is -3.64. The van der Waals surface area contributed by atoms with Crippen LogP contribution in [-0.2, 0) is 16.1 Å². The molecule has 4 N–H and O–H groups in total. The maximum absolute atomic E-state index is 14.9. The maximum Gasteiger partial charge on any atom is 0.328 e. The fraction of sp³-hybridized carbons (Fsp3) is 0.636. The van der Waals surface area contributed by atoms with Gasteiger partial charge in [0.2, 0.25) is 0 Å². The second-order valence-electron chi connectivity index (χ2n) is 4.22. The van der Waals surface area contributed by atoms with Gasteiger partial charge in [-0.1, -0.05) is 12.2 Å². The molecule has 0 aromatic carbocycles. The molecule has 8 nitrogen and oxygen atoms in total. The number of aliphatic hydroxyl groups excluding tert-OH is 3. The first kappa shape index (κ1) is 12.4. The second-order valence-corrected chi connectivity index (χ2v) is 4.63. The van der Waals surface area contributed by atoms with E-state index in [2.05, 4.69) is 14.5 Å². The number of ether oxygens (including phenoxy) is 2. The molecule has 0 radical (unpaired) electrons. The highest BCUT2D eigenvalue weighted by molar-refractivity contribution is 7.71. The third-order valence-corrected chi connectivity index (χ3v) is 3.21. The molecule has 1 aliphatic rings. The van der Waals surface area contributed by atoms with Crippen molar-refractivity contribution in [2.24, 2.45) is 0 Å². The summed E-state index contributed by atoms with van der Waals surface area (Å²) >= 11 is 4.79. The molecule has 0 spiro atoms. The Morgan fingerprint density at radius 3 is 3.00 bits per heavy atom. The zero-order valence-electron chi connectivity index (χ0n) is 13.7. The van der Waals surface area contributed by atoms with Crippen molar-refractivity contribution in [1.29, 1.82) is 0 Å². The van der Waals surface area contributed by atoms with Crippen molar-refractivity contribution in [3.8, 4) is 0 Å². The van der Waals surface area contributed by atoms with E-state index >= 15 is 0 Å². The Bertz CT molecular complexity index is 760. The van der Waals surface area contributed by atoms with Crippen molar-refractivity contribution in [2.75, 3.05) is 13.7 Å². The van der Waals surface area contributed by atoms with Crippen LogP contribution in [0.15, 0.2) is 11.0 Å². The molecule has 0 unspecified atom stereocenters. The first-order valence-electron chi connectivity index (χ1n) is 7.21. The highest BCUT2D eigenvalue weighted by Gasteiger charge is 2.56. The predicted octanol–water partition coefficient (Wildman–Crippen LogP) is -1.04. The summed E-state index contributed by atoms with van der Waals surface area (Å²) in [5, 5.41) is 29.1. The van der Waals surface area contributed by atoms with E-state index in [0.29, 0.717) is 4.57 Å². The standard InChI is InChI=1S/C11H15FN2O6S/c1-19-4-11(12)7(17)6(16)9(20-11)14-2-5(3-15)8(21)13-10(14)18/h2,6-7,9,15-17H,3-4H2,1H3,(H,13,18,21)/t6-,7+,9-,11-/m1/s1/i4D2,9D. The normalized spacial score (nSPS) is 38.8. The van der Waals surface area contributed by atoms with E-state index in [0.717, 1.165) is 13.3 Å². The molecule has 1 aromatic heterocycles. The average Bonchev–Trinajstić information content (AvgIpc) is 2.70. The Morgan fingerprint density at radius 1 is 1.76 bits per heavy atom. The van der Waals surface area contributed by atoms with E-state index in [1.54, 1.807) is 0 Å². The number of aromatic nitrogens is 2. The summed E-state index contributed by atoms with van der Waals surface area (Å²) in [6.07, 6.45) is -7.00. The van der Waals surface area contributed by atoms with Crippen LogP contribution in [0.25, 0.3) is 0 Å². The summed E-state index contributed by atoms with van der Waals surface area (Å²) in [5.41, 5.74) is -1.13. The van der Waals surface area contributed by atoms with Gasteiger partial charge >= 0.3 is 5.69 Å². The molecule has 0 aliphatic carbocycles. The lowest BCUT2D eigenvalue weighted by Crippen LogP contribution is -2.42. The molecule has 4 atom stereocenters. The number of rotatable bonds is 4. The van der Waals surface area contributed by atoms with Gasteiger partial charge in [0.25, 0.3) is 5.85 Å². The Kier molecular flexibility index (Phi) is 3.48. The van der Waals surface area contributed by atoms with E-state index in [4.69, 9.17) is 16.3 Å². The fourth-order valence-corrected chi connectivity index (χ4v) is 2.01. The molecule has 1 aromatic rings. The van der Waals surface area contributed by atoms with Crippen LogP contribution >= 0.6 is 12.2 Å². The molecule has 0 saturated carbocycles. The van der Waals surface area contributed by atoms with Gasteiger partial charge in [0, 0.05) is 18.9 Å². The van der Waals surface area contributed by atoms with Crippen molar-refractivity contribution in [1.82, 2.24) is 9.55 Å². The largest absolute Gasteiger partial charge is 0.392 e. The molecule has 2 heterocycles. The lowest BCUT2D eigenvalue weighted by molar-refractivity contribution is -0.212. The van der Waals surface area contributed by atoms with Gasteiger partial charge in [0.05, 0.1) is 10.7 Å². The Hall–Kier alpha value is -1.17. The van der Waals surface area contributed by atoms with Gasteiger partial charge in [-0.2, -0.15) is 0 Å². The number of aromatic amines is 1. The van der Waals surface area contributed by atoms with Crippen LogP contribution in [0.1, 0.15) is 15.9 Å². The van der Waals surface area contributed by atoms with Crippen LogP contribution < -0.4 is 5.69 Å². The lowest BCUT2D eigenvalue weighted by atomic mass is 10.1. The highest BCUT2D eigenvalue weighted by Crippen LogP contribution is 2.37. The molecule has 118 valence electrons. The summed E-state index contributed by atoms with van der Waals surface area (Å²) in [7, 11) is 0.795. The molecule has 21 heavy (non-hydrogen) atoms. The van der Waals surface area contributed by atoms with Gasteiger partial charge in [0.15, 0.2) is 6.20 Å². The minimum Gasteiger partial charge on any atom is -0.392 e. The quantitative estimate of drug-likeness (QED) is 0.523. The fourth-order valence-electron chi connectivity index (χ4n) is 1.81. The molecule has 2 rings (SSSR count). The van der Waals surface area contributed by atoms with E-state index in [9.17, 15) is 24.5 Å². The van der Waals surface area contributed by atoms with Crippen molar-refractivity contribution in [3.05, 3.63) is 26.9 Å². The molecular weight excluding hydrogens is 307 g/mol. The highest BCUT2D eigenvalue weighted by atomic mass is 32.1. The third kappa shape index (κ3) is 2.78. The van der Waals surface area contributed by atoms with E-state index in [1.807, 2.05) is 0 Å². The number of methoxy groups -OCH3 is 1. The molecule has 1 fully saturated rings. The molecular formula is C11H15FN2O6S. The van der Waals surface area contributed by atoms with Crippen LogP contribution in [0.5, 0.6) is 0 Å². The first-order chi connectivity index (χ1) is 10.9. The topological polar surface area (TPSA) is 117 Å². The van der Waals surface area contributed by atoms with Crippen molar-refractivity contribution in [3.63, 3.8) is 0 Å². The number of hydrogen-bond acceptors (Lipinski definition) is 7. The van der Waals surface area contributed by atoms with E-state index < -0.39 is 43.1 Å². The van der Waals surface area contributed by atoms with Crippen LogP contribution in [0.4, 0.5) is 4.39 Å². The number of nitrogens with one attached hydrogen (secondary N) is 1. The molecule has 0 bridgehead atoms. The van der Waals surface area contributed by atoms with Crippen LogP contribution in [0, 0.1) is 4.64 Å². The maximum atomic E-state index is 14.9. The Balaban J connectivity index is 2.63. The van der Waals surface area contributed by atoms with E-state index in [1.165, 1.54) is 0 Å². The van der Waals surface area contributed by atoms with Gasteiger partial charge in [-0.15, -0.1) is 0 Å². The summed E-state index contributed by atoms with van der Waals surface area (Å²) < 4.78 is 47.0. The molecule has 0 amide bonds. The van der Waals surface area contributed by atoms with Gasteiger partial charge in [-0.25, -0.2) is 9.18 Å². The van der Waals surface area contributed by atoms with Gasteiger partial charge in [-0.3, -0.25) is 9.55 Å². The van der Waals surface area contributed by atoms with Crippen molar-refractivity contribution < 1.29 is 33.3 Å². The number of halogens is 1. The number of nitrogens with zero attached hydrogens (tertiary/aromatic N) is 1. The smallest absolute Gasteiger partial charge is 0.328 e. The Morgan fingerprint density at radius 2 is 2.43 bits per heavy atom. The van der Waals surface area contributed by atoms with Gasteiger partial charge in [0.1, 0.15) is 23.4 Å². The lowest BCUT2D eigenvalue weighted by Gasteiger charge is -2.21. The molecule has 1 aliphatic heterocycles. The minimum atomic E-state index is -3.64. The zero-order valence-corrected chi connectivity index (χ0v) is 11.6. The Labute approximate surface area is 127 Å². The molecule has 10 heteroatoms. The monoisotopic (exact) mass is 325 g/mol. The zero-order chi connectivity index (χ0) is 18.5. The third-order valence-electron chi connectivity index (χ3n) is 2.85. The van der Waals surface area contributed by atoms with Crippen LogP contribution in [0.2, 0.25) is 0 Å². The predicted molar refractivity (Wildman–Crippen MR) is 69.7 cm³/mol. The van der Waals surface area contributed by atoms with Gasteiger partial charge in [-0.05, 0) is 0 Å². The summed E-state index contributed by atoms with van der Waals surface area (Å²) in [4.78, 5) is 14.1. The second kappa shape index (κ2) is 5.91. The first-order valence-corrected chi connectivity index (χ1v) is 6.12. The SMILES string of the molecule is [2H]C([2H])(OC)[C@@]1(F)O[C@@]([2H])(n2cc(CO)c(=S)[nH]c2=O)[C@H](O)[C@@H]1O. The number of alkyl halides is 1.